The molecule has 0 radical (unpaired) electrons. The molecule has 1 heterocycles. The number of hydrogen-bond acceptors (Lipinski definition) is 5. The van der Waals surface area contributed by atoms with E-state index in [1.54, 1.807) is 14.2 Å². The van der Waals surface area contributed by atoms with E-state index in [1.165, 1.54) is 7.11 Å². The summed E-state index contributed by atoms with van der Waals surface area (Å²) < 4.78 is 15.6. The smallest absolute Gasteiger partial charge is 0.338 e. The van der Waals surface area contributed by atoms with Crippen molar-refractivity contribution in [1.29, 1.82) is 0 Å². The van der Waals surface area contributed by atoms with Crippen molar-refractivity contribution in [2.24, 2.45) is 5.92 Å². The quantitative estimate of drug-likeness (QED) is 0.427. The fourth-order valence-corrected chi connectivity index (χ4v) is 3.57. The molecule has 0 N–H and O–H groups in total. The lowest BCUT2D eigenvalue weighted by Gasteiger charge is -2.36. The van der Waals surface area contributed by atoms with Crippen molar-refractivity contribution >= 4 is 27.6 Å². The standard InChI is InChI=1S/C17H24BrNO4/c1-21-16(20)15-5-4-14(10-13(15)11-18)19-8-6-12(7-9-19)17(22-2)23-3/h4-5,10,12,17H,6-9,11H2,1-3H3. The van der Waals surface area contributed by atoms with E-state index in [0.717, 1.165) is 37.2 Å². The number of alkyl halides is 1. The van der Waals surface area contributed by atoms with Crippen molar-refractivity contribution in [3.8, 4) is 0 Å². The van der Waals surface area contributed by atoms with Gasteiger partial charge in [-0.25, -0.2) is 4.79 Å². The SMILES string of the molecule is COC(=O)c1ccc(N2CCC(C(OC)OC)CC2)cc1CBr. The molecular formula is C17H24BrNO4. The van der Waals surface area contributed by atoms with Gasteiger partial charge >= 0.3 is 5.97 Å². The molecule has 6 heteroatoms. The van der Waals surface area contributed by atoms with Crippen LogP contribution in [-0.2, 0) is 19.5 Å². The number of benzene rings is 1. The Balaban J connectivity index is 2.08. The topological polar surface area (TPSA) is 48.0 Å². The van der Waals surface area contributed by atoms with Gasteiger partial charge in [-0.2, -0.15) is 0 Å². The Hall–Kier alpha value is -1.11. The van der Waals surface area contributed by atoms with E-state index in [2.05, 4.69) is 26.9 Å². The number of piperidine rings is 1. The molecule has 1 aromatic rings. The lowest BCUT2D eigenvalue weighted by atomic mass is 9.95. The molecule has 0 saturated carbocycles. The van der Waals surface area contributed by atoms with Crippen LogP contribution < -0.4 is 4.90 Å². The van der Waals surface area contributed by atoms with Crippen LogP contribution in [0.15, 0.2) is 18.2 Å². The molecule has 0 unspecified atom stereocenters. The van der Waals surface area contributed by atoms with Gasteiger partial charge < -0.3 is 19.1 Å². The van der Waals surface area contributed by atoms with E-state index >= 15 is 0 Å². The fourth-order valence-electron chi connectivity index (χ4n) is 3.11. The van der Waals surface area contributed by atoms with Crippen LogP contribution in [-0.4, -0.2) is 46.7 Å². The normalized spacial score (nSPS) is 16.0. The van der Waals surface area contributed by atoms with Crippen LogP contribution in [0.25, 0.3) is 0 Å². The molecule has 1 aliphatic heterocycles. The van der Waals surface area contributed by atoms with Gasteiger partial charge in [0.15, 0.2) is 6.29 Å². The Kier molecular flexibility index (Phi) is 6.87. The van der Waals surface area contributed by atoms with E-state index in [4.69, 9.17) is 14.2 Å². The first-order chi connectivity index (χ1) is 11.1. The molecule has 128 valence electrons. The van der Waals surface area contributed by atoms with E-state index in [0.29, 0.717) is 16.8 Å². The Morgan fingerprint density at radius 3 is 2.43 bits per heavy atom. The first kappa shape index (κ1) is 18.2. The highest BCUT2D eigenvalue weighted by Crippen LogP contribution is 2.28. The summed E-state index contributed by atoms with van der Waals surface area (Å²) in [6.45, 7) is 1.90. The minimum absolute atomic E-state index is 0.128. The van der Waals surface area contributed by atoms with Crippen LogP contribution in [0.3, 0.4) is 0 Å². The third kappa shape index (κ3) is 4.25. The Morgan fingerprint density at radius 2 is 1.91 bits per heavy atom. The third-order valence-electron chi connectivity index (χ3n) is 4.39. The Bertz CT molecular complexity index is 525. The van der Waals surface area contributed by atoms with E-state index in [1.807, 2.05) is 12.1 Å². The maximum absolute atomic E-state index is 11.8. The third-order valence-corrected chi connectivity index (χ3v) is 5.00. The summed E-state index contributed by atoms with van der Waals surface area (Å²) in [6, 6.07) is 5.89. The molecule has 1 saturated heterocycles. The number of halogens is 1. The average Bonchev–Trinajstić information content (AvgIpc) is 2.62. The predicted octanol–water partition coefficient (Wildman–Crippen LogP) is 3.20. The number of carbonyl (C=O) groups excluding carboxylic acids is 1. The van der Waals surface area contributed by atoms with Gasteiger partial charge in [-0.05, 0) is 36.6 Å². The minimum Gasteiger partial charge on any atom is -0.465 e. The van der Waals surface area contributed by atoms with Gasteiger partial charge in [0.25, 0.3) is 0 Å². The van der Waals surface area contributed by atoms with Gasteiger partial charge in [0.2, 0.25) is 0 Å². The maximum Gasteiger partial charge on any atom is 0.338 e. The summed E-state index contributed by atoms with van der Waals surface area (Å²) in [6.07, 6.45) is 1.92. The van der Waals surface area contributed by atoms with Gasteiger partial charge in [0, 0.05) is 44.2 Å². The molecule has 1 aromatic carbocycles. The first-order valence-electron chi connectivity index (χ1n) is 7.72. The van der Waals surface area contributed by atoms with Gasteiger partial charge in [-0.3, -0.25) is 0 Å². The number of rotatable bonds is 6. The number of carbonyl (C=O) groups is 1. The molecule has 5 nitrogen and oxygen atoms in total. The average molecular weight is 386 g/mol. The second-order valence-corrected chi connectivity index (χ2v) is 6.19. The number of hydrogen-bond donors (Lipinski definition) is 0. The van der Waals surface area contributed by atoms with Crippen LogP contribution in [0.2, 0.25) is 0 Å². The van der Waals surface area contributed by atoms with Gasteiger partial charge in [-0.1, -0.05) is 15.9 Å². The molecule has 0 aromatic heterocycles. The Morgan fingerprint density at radius 1 is 1.26 bits per heavy atom. The second-order valence-electron chi connectivity index (χ2n) is 5.63. The van der Waals surface area contributed by atoms with Crippen LogP contribution in [0.4, 0.5) is 5.69 Å². The van der Waals surface area contributed by atoms with Crippen molar-refractivity contribution in [1.82, 2.24) is 0 Å². The number of esters is 1. The van der Waals surface area contributed by atoms with E-state index < -0.39 is 0 Å². The molecule has 1 fully saturated rings. The molecular weight excluding hydrogens is 362 g/mol. The Labute approximate surface area is 146 Å². The highest BCUT2D eigenvalue weighted by atomic mass is 79.9. The zero-order valence-corrected chi connectivity index (χ0v) is 15.5. The largest absolute Gasteiger partial charge is 0.465 e. The highest BCUT2D eigenvalue weighted by Gasteiger charge is 2.27. The molecule has 0 amide bonds. The van der Waals surface area contributed by atoms with E-state index in [-0.39, 0.29) is 12.3 Å². The summed E-state index contributed by atoms with van der Waals surface area (Å²) in [7, 11) is 4.78. The van der Waals surface area contributed by atoms with Crippen molar-refractivity contribution in [3.63, 3.8) is 0 Å². The zero-order valence-electron chi connectivity index (χ0n) is 13.9. The zero-order chi connectivity index (χ0) is 16.8. The first-order valence-corrected chi connectivity index (χ1v) is 8.84. The monoisotopic (exact) mass is 385 g/mol. The number of anilines is 1. The minimum atomic E-state index is -0.298. The predicted molar refractivity (Wildman–Crippen MR) is 93.2 cm³/mol. The van der Waals surface area contributed by atoms with Crippen LogP contribution in [0, 0.1) is 5.92 Å². The second kappa shape index (κ2) is 8.66. The molecule has 1 aliphatic rings. The van der Waals surface area contributed by atoms with Gasteiger partial charge in [0.05, 0.1) is 12.7 Å². The molecule has 0 aliphatic carbocycles. The van der Waals surface area contributed by atoms with Crippen molar-refractivity contribution in [2.45, 2.75) is 24.5 Å². The summed E-state index contributed by atoms with van der Waals surface area (Å²) >= 11 is 3.45. The van der Waals surface area contributed by atoms with Gasteiger partial charge in [0.1, 0.15) is 0 Å². The molecule has 2 rings (SSSR count). The van der Waals surface area contributed by atoms with Crippen LogP contribution in [0.5, 0.6) is 0 Å². The van der Waals surface area contributed by atoms with Crippen molar-refractivity contribution < 1.29 is 19.0 Å². The van der Waals surface area contributed by atoms with E-state index in [9.17, 15) is 4.79 Å². The van der Waals surface area contributed by atoms with Crippen LogP contribution >= 0.6 is 15.9 Å². The van der Waals surface area contributed by atoms with Gasteiger partial charge in [-0.15, -0.1) is 0 Å². The molecule has 0 bridgehead atoms. The number of methoxy groups -OCH3 is 3. The summed E-state index contributed by atoms with van der Waals surface area (Å²) in [5.41, 5.74) is 2.70. The fraction of sp³-hybridized carbons (Fsp3) is 0.588. The highest BCUT2D eigenvalue weighted by molar-refractivity contribution is 9.08. The summed E-state index contributed by atoms with van der Waals surface area (Å²) in [5.74, 6) is 0.124. The molecule has 0 atom stereocenters. The number of ether oxygens (including phenoxy) is 3. The van der Waals surface area contributed by atoms with Crippen molar-refractivity contribution in [2.75, 3.05) is 39.3 Å². The van der Waals surface area contributed by atoms with Crippen LogP contribution in [0.1, 0.15) is 28.8 Å². The lowest BCUT2D eigenvalue weighted by molar-refractivity contribution is -0.141. The molecule has 23 heavy (non-hydrogen) atoms. The molecule has 0 spiro atoms. The summed E-state index contributed by atoms with van der Waals surface area (Å²) in [5, 5.41) is 0.622. The maximum atomic E-state index is 11.8. The summed E-state index contributed by atoms with van der Waals surface area (Å²) in [4.78, 5) is 14.1. The number of nitrogens with zero attached hydrogens (tertiary/aromatic N) is 1. The lowest BCUT2D eigenvalue weighted by Crippen LogP contribution is -2.39. The van der Waals surface area contributed by atoms with Crippen molar-refractivity contribution in [3.05, 3.63) is 29.3 Å².